The van der Waals surface area contributed by atoms with E-state index in [1.165, 1.54) is 77.0 Å². The molecule has 0 aromatic heterocycles. The summed E-state index contributed by atoms with van der Waals surface area (Å²) in [6, 6.07) is 0. The van der Waals surface area contributed by atoms with Gasteiger partial charge in [0.2, 0.25) is 11.8 Å². The van der Waals surface area contributed by atoms with Crippen LogP contribution in [0.1, 0.15) is 136 Å². The Bertz CT molecular complexity index is 725. The van der Waals surface area contributed by atoms with E-state index in [1.54, 1.807) is 0 Å². The van der Waals surface area contributed by atoms with Crippen molar-refractivity contribution >= 4 is 17.6 Å². The van der Waals surface area contributed by atoms with E-state index in [0.717, 1.165) is 45.4 Å². The maximum absolute atomic E-state index is 12.7. The first-order valence-electron chi connectivity index (χ1n) is 17.1. The van der Waals surface area contributed by atoms with Crippen molar-refractivity contribution < 1.29 is 23.9 Å². The van der Waals surface area contributed by atoms with Crippen molar-refractivity contribution in [3.05, 3.63) is 0 Å². The Morgan fingerprint density at radius 3 is 1.59 bits per heavy atom. The molecule has 0 aromatic carbocycles. The highest BCUT2D eigenvalue weighted by atomic mass is 16.5. The summed E-state index contributed by atoms with van der Waals surface area (Å²) in [4.78, 5) is 40.8. The highest BCUT2D eigenvalue weighted by molar-refractivity contribution is 5.80. The number of rotatable bonds is 24. The van der Waals surface area contributed by atoms with Crippen LogP contribution in [0, 0.1) is 11.3 Å². The topological polar surface area (TPSA) is 76.2 Å². The molecule has 2 fully saturated rings. The average Bonchev–Trinajstić information content (AvgIpc) is 2.95. The number of hydrogen-bond donors (Lipinski definition) is 0. The fourth-order valence-corrected chi connectivity index (χ4v) is 6.04. The van der Waals surface area contributed by atoms with Gasteiger partial charge in [-0.05, 0) is 19.3 Å². The number of likely N-dealkylation sites (tertiary alicyclic amines) is 2. The van der Waals surface area contributed by atoms with Crippen molar-refractivity contribution in [2.75, 3.05) is 52.6 Å². The number of carbonyl (C=O) groups excluding carboxylic acids is 3. The van der Waals surface area contributed by atoms with Gasteiger partial charge in [-0.2, -0.15) is 0 Å². The molecule has 0 saturated carbocycles. The number of hydrogen-bond acceptors (Lipinski definition) is 5. The lowest BCUT2D eigenvalue weighted by Gasteiger charge is -2.54. The van der Waals surface area contributed by atoms with Crippen LogP contribution in [0.2, 0.25) is 0 Å². The Labute approximate surface area is 251 Å². The molecule has 2 rings (SSSR count). The third kappa shape index (κ3) is 15.0. The minimum Gasteiger partial charge on any atom is -0.379 e. The Balaban J connectivity index is 1.40. The predicted molar refractivity (Wildman–Crippen MR) is 166 cm³/mol. The van der Waals surface area contributed by atoms with Gasteiger partial charge in [-0.15, -0.1) is 0 Å². The second-order valence-electron chi connectivity index (χ2n) is 13.0. The molecular weight excluding hydrogens is 516 g/mol. The van der Waals surface area contributed by atoms with Crippen molar-refractivity contribution in [1.29, 1.82) is 0 Å². The summed E-state index contributed by atoms with van der Waals surface area (Å²) in [7, 11) is 0. The van der Waals surface area contributed by atoms with E-state index in [9.17, 15) is 14.4 Å². The van der Waals surface area contributed by atoms with Crippen LogP contribution in [0.25, 0.3) is 0 Å². The lowest BCUT2D eigenvalue weighted by Crippen LogP contribution is -2.62. The van der Waals surface area contributed by atoms with Gasteiger partial charge in [-0.25, -0.2) is 0 Å². The quantitative estimate of drug-likeness (QED) is 0.116. The fourth-order valence-electron chi connectivity index (χ4n) is 6.04. The molecule has 0 unspecified atom stereocenters. The second-order valence-corrected chi connectivity index (χ2v) is 13.0. The molecule has 7 heteroatoms. The Morgan fingerprint density at radius 2 is 1.07 bits per heavy atom. The number of amides is 2. The van der Waals surface area contributed by atoms with Crippen LogP contribution in [0.15, 0.2) is 0 Å². The summed E-state index contributed by atoms with van der Waals surface area (Å²) < 4.78 is 11.0. The summed E-state index contributed by atoms with van der Waals surface area (Å²) in [6.45, 7) is 11.1. The van der Waals surface area contributed by atoms with Crippen molar-refractivity contribution in [3.8, 4) is 0 Å². The Morgan fingerprint density at radius 1 is 0.610 bits per heavy atom. The van der Waals surface area contributed by atoms with Crippen LogP contribution in [-0.2, 0) is 23.9 Å². The van der Waals surface area contributed by atoms with E-state index < -0.39 is 0 Å². The van der Waals surface area contributed by atoms with Crippen LogP contribution < -0.4 is 0 Å². The van der Waals surface area contributed by atoms with E-state index in [0.29, 0.717) is 51.6 Å². The normalized spacial score (nSPS) is 16.4. The summed E-state index contributed by atoms with van der Waals surface area (Å²) in [5, 5.41) is 0. The molecule has 7 nitrogen and oxygen atoms in total. The number of ketones is 1. The first-order chi connectivity index (χ1) is 19.9. The minimum absolute atomic E-state index is 0.0512. The minimum atomic E-state index is 0.0512. The Hall–Kier alpha value is -1.47. The number of ether oxygens (including phenoxy) is 2. The molecular formula is C34H62N2O5. The van der Waals surface area contributed by atoms with Crippen LogP contribution in [0.5, 0.6) is 0 Å². The van der Waals surface area contributed by atoms with E-state index in [1.807, 2.05) is 18.7 Å². The monoisotopic (exact) mass is 578 g/mol. The third-order valence-electron chi connectivity index (χ3n) is 9.05. The lowest BCUT2D eigenvalue weighted by molar-refractivity contribution is -0.151. The molecule has 0 bridgehead atoms. The molecule has 2 aliphatic heterocycles. The molecule has 2 saturated heterocycles. The van der Waals surface area contributed by atoms with Crippen molar-refractivity contribution in [1.82, 2.24) is 9.80 Å². The number of nitrogens with zero attached hydrogens (tertiary/aromatic N) is 2. The van der Waals surface area contributed by atoms with E-state index in [-0.39, 0.29) is 23.0 Å². The summed E-state index contributed by atoms with van der Waals surface area (Å²) in [5.74, 6) is 0.740. The van der Waals surface area contributed by atoms with Crippen molar-refractivity contribution in [2.24, 2.45) is 11.3 Å². The maximum atomic E-state index is 12.7. The maximum Gasteiger partial charge on any atom is 0.224 e. The van der Waals surface area contributed by atoms with Gasteiger partial charge in [-0.1, -0.05) is 97.8 Å². The first-order valence-corrected chi connectivity index (χ1v) is 17.1. The zero-order valence-corrected chi connectivity index (χ0v) is 26.9. The lowest BCUT2D eigenvalue weighted by atomic mass is 9.72. The summed E-state index contributed by atoms with van der Waals surface area (Å²) in [5.41, 5.74) is 0.212. The number of piperidine rings is 1. The van der Waals surface area contributed by atoms with Gasteiger partial charge in [0, 0.05) is 50.4 Å². The highest BCUT2D eigenvalue weighted by Crippen LogP contribution is 2.40. The number of carbonyl (C=O) groups is 3. The molecule has 0 aromatic rings. The third-order valence-corrected chi connectivity index (χ3v) is 9.05. The average molecular weight is 579 g/mol. The van der Waals surface area contributed by atoms with Crippen molar-refractivity contribution in [2.45, 2.75) is 136 Å². The molecule has 1 spiro atoms. The summed E-state index contributed by atoms with van der Waals surface area (Å²) >= 11 is 0. The molecule has 0 N–H and O–H groups in total. The van der Waals surface area contributed by atoms with Crippen LogP contribution >= 0.6 is 0 Å². The van der Waals surface area contributed by atoms with E-state index in [4.69, 9.17) is 9.47 Å². The number of unbranched alkanes of at least 4 members (excludes halogenated alkanes) is 12. The van der Waals surface area contributed by atoms with Gasteiger partial charge in [0.15, 0.2) is 0 Å². The van der Waals surface area contributed by atoms with Gasteiger partial charge >= 0.3 is 0 Å². The molecule has 0 aliphatic carbocycles. The van der Waals surface area contributed by atoms with Crippen molar-refractivity contribution in [3.63, 3.8) is 0 Å². The molecule has 0 atom stereocenters. The van der Waals surface area contributed by atoms with Gasteiger partial charge in [0.05, 0.1) is 32.8 Å². The standard InChI is InChI=1S/C34H62N2O5/c1-4-5-6-7-8-9-10-11-12-13-14-15-16-17-32(38)35-22-20-34(21-23-35)28-36(29-34)33(39)19-25-41-27-26-40-24-18-31(37)30(2)3/h30H,4-29H2,1-3H3. The molecule has 0 radical (unpaired) electrons. The van der Waals surface area contributed by atoms with Gasteiger partial charge in [0.1, 0.15) is 5.78 Å². The molecule has 2 aliphatic rings. The van der Waals surface area contributed by atoms with Crippen LogP contribution in [-0.4, -0.2) is 80.0 Å². The molecule has 41 heavy (non-hydrogen) atoms. The van der Waals surface area contributed by atoms with Crippen LogP contribution in [0.4, 0.5) is 0 Å². The van der Waals surface area contributed by atoms with Gasteiger partial charge in [0.25, 0.3) is 0 Å². The fraction of sp³-hybridized carbons (Fsp3) is 0.912. The largest absolute Gasteiger partial charge is 0.379 e. The smallest absolute Gasteiger partial charge is 0.224 e. The van der Waals surface area contributed by atoms with Gasteiger partial charge < -0.3 is 19.3 Å². The van der Waals surface area contributed by atoms with E-state index >= 15 is 0 Å². The number of Topliss-reactive ketones (excluding diaryl/α,β-unsaturated/α-hetero) is 1. The molecule has 238 valence electrons. The van der Waals surface area contributed by atoms with Crippen LogP contribution in [0.3, 0.4) is 0 Å². The second kappa shape index (κ2) is 21.3. The zero-order valence-electron chi connectivity index (χ0n) is 26.9. The van der Waals surface area contributed by atoms with Gasteiger partial charge in [-0.3, -0.25) is 14.4 Å². The SMILES string of the molecule is CCCCCCCCCCCCCCCC(=O)N1CCC2(CC1)CN(C(=O)CCOCCOCCC(=O)C(C)C)C2. The molecule has 2 amide bonds. The first kappa shape index (κ1) is 35.7. The highest BCUT2D eigenvalue weighted by Gasteiger charge is 2.46. The summed E-state index contributed by atoms with van der Waals surface area (Å²) in [6.07, 6.45) is 20.8. The van der Waals surface area contributed by atoms with E-state index in [2.05, 4.69) is 11.8 Å². The molecule has 2 heterocycles. The predicted octanol–water partition coefficient (Wildman–Crippen LogP) is 6.96. The zero-order chi connectivity index (χ0) is 29.8. The Kier molecular flexibility index (Phi) is 18.5.